The lowest BCUT2D eigenvalue weighted by atomic mass is 10.1. The van der Waals surface area contributed by atoms with Crippen LogP contribution in [0.5, 0.6) is 5.75 Å². The van der Waals surface area contributed by atoms with E-state index in [2.05, 4.69) is 46.9 Å². The van der Waals surface area contributed by atoms with Gasteiger partial charge < -0.3 is 14.6 Å². The third-order valence-electron chi connectivity index (χ3n) is 5.43. The fraction of sp³-hybridized carbons (Fsp3) is 0.185. The van der Waals surface area contributed by atoms with E-state index in [-0.39, 0.29) is 0 Å². The Morgan fingerprint density at radius 1 is 1.03 bits per heavy atom. The minimum absolute atomic E-state index is 0.454. The van der Waals surface area contributed by atoms with Crippen molar-refractivity contribution in [2.75, 3.05) is 18.0 Å². The molecule has 5 nitrogen and oxygen atoms in total. The molecule has 0 spiro atoms. The number of ether oxygens (including phenoxy) is 1. The molecule has 0 fully saturated rings. The molecular weight excluding hydrogens is 396 g/mol. The molecule has 4 rings (SSSR count). The molecule has 1 N–H and O–H groups in total. The number of H-pyrrole nitrogens is 1. The van der Waals surface area contributed by atoms with Crippen LogP contribution in [0.4, 0.5) is 5.69 Å². The summed E-state index contributed by atoms with van der Waals surface area (Å²) in [6.07, 6.45) is 1.84. The number of rotatable bonds is 8. The summed E-state index contributed by atoms with van der Waals surface area (Å²) >= 11 is 0. The number of imidazole rings is 1. The molecule has 0 saturated carbocycles. The number of allylic oxidation sites excluding steroid dienone is 1. The number of nitriles is 1. The molecule has 32 heavy (non-hydrogen) atoms. The Morgan fingerprint density at radius 2 is 1.78 bits per heavy atom. The number of hydrogen-bond acceptors (Lipinski definition) is 4. The fourth-order valence-electron chi connectivity index (χ4n) is 3.68. The highest BCUT2D eigenvalue weighted by molar-refractivity contribution is 5.91. The SMILES string of the molecule is CCN(CC)c1ccc(C=C(C#N)c2nc3ccccc3[nH]2)c(OCc2ccccc2)c1. The summed E-state index contributed by atoms with van der Waals surface area (Å²) in [7, 11) is 0. The number of nitrogens with one attached hydrogen (secondary N) is 1. The van der Waals surface area contributed by atoms with E-state index in [1.807, 2.05) is 66.7 Å². The van der Waals surface area contributed by atoms with Crippen molar-refractivity contribution in [2.45, 2.75) is 20.5 Å². The van der Waals surface area contributed by atoms with Crippen LogP contribution in [-0.2, 0) is 6.61 Å². The Kier molecular flexibility index (Phi) is 6.52. The zero-order valence-corrected chi connectivity index (χ0v) is 18.4. The van der Waals surface area contributed by atoms with Gasteiger partial charge in [0.1, 0.15) is 24.3 Å². The maximum atomic E-state index is 9.86. The molecule has 5 heteroatoms. The highest BCUT2D eigenvalue weighted by Crippen LogP contribution is 2.30. The predicted octanol–water partition coefficient (Wildman–Crippen LogP) is 6.05. The van der Waals surface area contributed by atoms with E-state index in [1.54, 1.807) is 0 Å². The van der Waals surface area contributed by atoms with Gasteiger partial charge >= 0.3 is 0 Å². The van der Waals surface area contributed by atoms with Gasteiger partial charge in [-0.3, -0.25) is 0 Å². The molecule has 0 bridgehead atoms. The number of aromatic nitrogens is 2. The third-order valence-corrected chi connectivity index (χ3v) is 5.43. The lowest BCUT2D eigenvalue weighted by Gasteiger charge is -2.22. The van der Waals surface area contributed by atoms with Crippen molar-refractivity contribution in [1.29, 1.82) is 5.26 Å². The second kappa shape index (κ2) is 9.84. The topological polar surface area (TPSA) is 64.9 Å². The first kappa shape index (κ1) is 21.2. The maximum Gasteiger partial charge on any atom is 0.149 e. The molecule has 160 valence electrons. The molecule has 0 atom stereocenters. The number of para-hydroxylation sites is 2. The van der Waals surface area contributed by atoms with Gasteiger partial charge in [0.15, 0.2) is 0 Å². The van der Waals surface area contributed by atoms with Crippen molar-refractivity contribution in [3.8, 4) is 11.8 Å². The van der Waals surface area contributed by atoms with E-state index < -0.39 is 0 Å². The van der Waals surface area contributed by atoms with Gasteiger partial charge in [0.05, 0.1) is 16.6 Å². The number of hydrogen-bond donors (Lipinski definition) is 1. The highest BCUT2D eigenvalue weighted by atomic mass is 16.5. The molecule has 1 heterocycles. The number of anilines is 1. The van der Waals surface area contributed by atoms with Crippen LogP contribution < -0.4 is 9.64 Å². The number of aromatic amines is 1. The molecular formula is C27H26N4O. The van der Waals surface area contributed by atoms with Gasteiger partial charge in [-0.05, 0) is 49.8 Å². The average Bonchev–Trinajstić information content (AvgIpc) is 3.27. The monoisotopic (exact) mass is 422 g/mol. The van der Waals surface area contributed by atoms with Crippen molar-refractivity contribution in [3.05, 3.63) is 89.7 Å². The van der Waals surface area contributed by atoms with E-state index in [1.165, 1.54) is 0 Å². The third kappa shape index (κ3) is 4.65. The maximum absolute atomic E-state index is 9.86. The van der Waals surface area contributed by atoms with E-state index in [4.69, 9.17) is 4.74 Å². The van der Waals surface area contributed by atoms with Gasteiger partial charge in [0, 0.05) is 30.4 Å². The molecule has 0 unspecified atom stereocenters. The number of fused-ring (bicyclic) bond motifs is 1. The zero-order valence-electron chi connectivity index (χ0n) is 18.4. The van der Waals surface area contributed by atoms with Gasteiger partial charge in [0.25, 0.3) is 0 Å². The number of benzene rings is 3. The number of nitrogens with zero attached hydrogens (tertiary/aromatic N) is 3. The smallest absolute Gasteiger partial charge is 0.149 e. The normalized spacial score (nSPS) is 11.3. The van der Waals surface area contributed by atoms with Gasteiger partial charge in [0.2, 0.25) is 0 Å². The minimum Gasteiger partial charge on any atom is -0.488 e. The van der Waals surface area contributed by atoms with Gasteiger partial charge in [-0.1, -0.05) is 42.5 Å². The summed E-state index contributed by atoms with van der Waals surface area (Å²) in [5.74, 6) is 1.29. The lowest BCUT2D eigenvalue weighted by Crippen LogP contribution is -2.21. The van der Waals surface area contributed by atoms with E-state index in [0.29, 0.717) is 18.0 Å². The van der Waals surface area contributed by atoms with Crippen molar-refractivity contribution < 1.29 is 4.74 Å². The van der Waals surface area contributed by atoms with Crippen molar-refractivity contribution in [2.24, 2.45) is 0 Å². The van der Waals surface area contributed by atoms with Gasteiger partial charge in [-0.25, -0.2) is 4.98 Å². The molecule has 0 aliphatic heterocycles. The van der Waals surface area contributed by atoms with Crippen LogP contribution in [0.1, 0.15) is 30.8 Å². The highest BCUT2D eigenvalue weighted by Gasteiger charge is 2.12. The molecule has 0 saturated heterocycles. The van der Waals surface area contributed by atoms with Crippen LogP contribution in [-0.4, -0.2) is 23.1 Å². The second-order valence-electron chi connectivity index (χ2n) is 7.44. The average molecular weight is 423 g/mol. The summed E-state index contributed by atoms with van der Waals surface area (Å²) in [4.78, 5) is 10.1. The van der Waals surface area contributed by atoms with E-state index in [9.17, 15) is 5.26 Å². The van der Waals surface area contributed by atoms with Gasteiger partial charge in [-0.15, -0.1) is 0 Å². The van der Waals surface area contributed by atoms with Crippen LogP contribution in [0, 0.1) is 11.3 Å². The van der Waals surface area contributed by atoms with Gasteiger partial charge in [-0.2, -0.15) is 5.26 Å². The fourth-order valence-corrected chi connectivity index (χ4v) is 3.68. The molecule has 3 aromatic carbocycles. The van der Waals surface area contributed by atoms with E-state index in [0.717, 1.165) is 46.7 Å². The summed E-state index contributed by atoms with van der Waals surface area (Å²) in [6, 6.07) is 26.3. The van der Waals surface area contributed by atoms with Crippen LogP contribution >= 0.6 is 0 Å². The molecule has 0 aliphatic rings. The summed E-state index contributed by atoms with van der Waals surface area (Å²) in [6.45, 7) is 6.54. The Bertz CT molecular complexity index is 1230. The van der Waals surface area contributed by atoms with Crippen LogP contribution in [0.15, 0.2) is 72.8 Å². The summed E-state index contributed by atoms with van der Waals surface area (Å²) in [5.41, 5.74) is 5.23. The predicted molar refractivity (Wildman–Crippen MR) is 130 cm³/mol. The summed E-state index contributed by atoms with van der Waals surface area (Å²) < 4.78 is 6.23. The molecule has 4 aromatic rings. The largest absolute Gasteiger partial charge is 0.488 e. The van der Waals surface area contributed by atoms with Crippen LogP contribution in [0.25, 0.3) is 22.7 Å². The Labute approximate surface area is 188 Å². The first-order valence-electron chi connectivity index (χ1n) is 10.8. The standard InChI is InChI=1S/C27H26N4O/c1-3-31(4-2)23-15-14-21(26(17-23)32-19-20-10-6-5-7-11-20)16-22(18-28)27-29-24-12-8-9-13-25(24)30-27/h5-17H,3-4,19H2,1-2H3,(H,29,30). The minimum atomic E-state index is 0.454. The summed E-state index contributed by atoms with van der Waals surface area (Å²) in [5, 5.41) is 9.86. The molecule has 0 aliphatic carbocycles. The van der Waals surface area contributed by atoms with E-state index >= 15 is 0 Å². The Balaban J connectivity index is 1.72. The lowest BCUT2D eigenvalue weighted by molar-refractivity contribution is 0.305. The molecule has 0 radical (unpaired) electrons. The molecule has 1 aromatic heterocycles. The van der Waals surface area contributed by atoms with Crippen molar-refractivity contribution in [3.63, 3.8) is 0 Å². The van der Waals surface area contributed by atoms with Crippen LogP contribution in [0.3, 0.4) is 0 Å². The first-order chi connectivity index (χ1) is 15.7. The Morgan fingerprint density at radius 3 is 2.50 bits per heavy atom. The quantitative estimate of drug-likeness (QED) is 0.351. The first-order valence-corrected chi connectivity index (χ1v) is 10.8. The molecule has 0 amide bonds. The second-order valence-corrected chi connectivity index (χ2v) is 7.44. The Hall–Kier alpha value is -4.04. The van der Waals surface area contributed by atoms with Crippen molar-refractivity contribution in [1.82, 2.24) is 9.97 Å². The van der Waals surface area contributed by atoms with Crippen molar-refractivity contribution >= 4 is 28.4 Å². The van der Waals surface area contributed by atoms with Crippen LogP contribution in [0.2, 0.25) is 0 Å². The zero-order chi connectivity index (χ0) is 22.3.